The van der Waals surface area contributed by atoms with E-state index in [1.54, 1.807) is 5.57 Å². The molecule has 1 aliphatic rings. The van der Waals surface area contributed by atoms with Crippen LogP contribution in [-0.2, 0) is 0 Å². The van der Waals surface area contributed by atoms with Crippen LogP contribution >= 0.6 is 0 Å². The van der Waals surface area contributed by atoms with E-state index < -0.39 is 0 Å². The van der Waals surface area contributed by atoms with Crippen molar-refractivity contribution in [2.75, 3.05) is 0 Å². The van der Waals surface area contributed by atoms with Gasteiger partial charge in [-0.3, -0.25) is 0 Å². The molecule has 0 N–H and O–H groups in total. The van der Waals surface area contributed by atoms with Gasteiger partial charge in [0.15, 0.2) is 0 Å². The van der Waals surface area contributed by atoms with E-state index in [1.807, 2.05) is 0 Å². The Kier molecular flexibility index (Phi) is 1.89. The van der Waals surface area contributed by atoms with E-state index in [0.29, 0.717) is 5.41 Å². The highest BCUT2D eigenvalue weighted by molar-refractivity contribution is 5.08. The van der Waals surface area contributed by atoms with Crippen molar-refractivity contribution in [3.63, 3.8) is 0 Å². The van der Waals surface area contributed by atoms with Crippen molar-refractivity contribution >= 4 is 0 Å². The molecule has 1 aliphatic carbocycles. The molecule has 10 heavy (non-hydrogen) atoms. The van der Waals surface area contributed by atoms with Crippen LogP contribution in [0, 0.1) is 11.3 Å². The van der Waals surface area contributed by atoms with E-state index in [9.17, 15) is 0 Å². The van der Waals surface area contributed by atoms with Gasteiger partial charge >= 0.3 is 0 Å². The first-order valence-electron chi connectivity index (χ1n) is 4.16. The minimum atomic E-state index is 0.508. The molecule has 0 aromatic rings. The lowest BCUT2D eigenvalue weighted by molar-refractivity contribution is 0.251. The van der Waals surface area contributed by atoms with Gasteiger partial charge in [-0.05, 0) is 31.1 Å². The Labute approximate surface area is 64.3 Å². The lowest BCUT2D eigenvalue weighted by atomic mass is 9.79. The Morgan fingerprint density at radius 2 is 2.00 bits per heavy atom. The van der Waals surface area contributed by atoms with E-state index in [-0.39, 0.29) is 0 Å². The third-order valence-corrected chi connectivity index (χ3v) is 2.54. The lowest BCUT2D eigenvalue weighted by Gasteiger charge is -2.26. The van der Waals surface area contributed by atoms with Gasteiger partial charge in [0.1, 0.15) is 0 Å². The zero-order valence-electron chi connectivity index (χ0n) is 7.57. The molecule has 0 fully saturated rings. The fourth-order valence-corrected chi connectivity index (χ4v) is 1.56. The fourth-order valence-electron chi connectivity index (χ4n) is 1.56. The second-order valence-corrected chi connectivity index (χ2v) is 4.55. The minimum Gasteiger partial charge on any atom is -0.0853 e. The Hall–Kier alpha value is -0.260. The normalized spacial score (nSPS) is 26.8. The summed E-state index contributed by atoms with van der Waals surface area (Å²) in [6.07, 6.45) is 5.01. The summed E-state index contributed by atoms with van der Waals surface area (Å²) in [5.41, 5.74) is 2.09. The van der Waals surface area contributed by atoms with E-state index in [4.69, 9.17) is 0 Å². The predicted molar refractivity (Wildman–Crippen MR) is 45.9 cm³/mol. The molecule has 0 nitrogen and oxygen atoms in total. The number of hydrogen-bond donors (Lipinski definition) is 0. The van der Waals surface area contributed by atoms with E-state index in [1.165, 1.54) is 12.8 Å². The number of hydrogen-bond acceptors (Lipinski definition) is 0. The van der Waals surface area contributed by atoms with Crippen LogP contribution in [0.15, 0.2) is 11.6 Å². The average molecular weight is 138 g/mol. The van der Waals surface area contributed by atoms with Gasteiger partial charge in [0.05, 0.1) is 0 Å². The zero-order valence-corrected chi connectivity index (χ0v) is 7.57. The highest BCUT2D eigenvalue weighted by Crippen LogP contribution is 2.38. The smallest absolute Gasteiger partial charge is 0.0287 e. The van der Waals surface area contributed by atoms with Crippen molar-refractivity contribution in [1.29, 1.82) is 0 Å². The molecule has 1 unspecified atom stereocenters. The van der Waals surface area contributed by atoms with E-state index in [2.05, 4.69) is 33.8 Å². The van der Waals surface area contributed by atoms with Gasteiger partial charge in [-0.1, -0.05) is 32.4 Å². The van der Waals surface area contributed by atoms with Crippen molar-refractivity contribution in [3.8, 4) is 0 Å². The highest BCUT2D eigenvalue weighted by Gasteiger charge is 2.26. The summed E-state index contributed by atoms with van der Waals surface area (Å²) in [5, 5.41) is 0. The van der Waals surface area contributed by atoms with Crippen LogP contribution in [-0.4, -0.2) is 0 Å². The summed E-state index contributed by atoms with van der Waals surface area (Å²) >= 11 is 0. The van der Waals surface area contributed by atoms with Crippen LogP contribution in [0.5, 0.6) is 0 Å². The monoisotopic (exact) mass is 138 g/mol. The van der Waals surface area contributed by atoms with Crippen molar-refractivity contribution in [3.05, 3.63) is 11.6 Å². The standard InChI is InChI=1S/C10H18/c1-8-5-6-9(7-8)10(2,3)4/h5,9H,6-7H2,1-4H3. The fraction of sp³-hybridized carbons (Fsp3) is 0.800. The Morgan fingerprint density at radius 3 is 2.20 bits per heavy atom. The molecule has 0 aromatic heterocycles. The molecule has 0 saturated heterocycles. The molecular weight excluding hydrogens is 120 g/mol. The quantitative estimate of drug-likeness (QED) is 0.450. The molecule has 58 valence electrons. The molecule has 0 heterocycles. The van der Waals surface area contributed by atoms with Gasteiger partial charge in [-0.2, -0.15) is 0 Å². The molecule has 0 bridgehead atoms. The maximum absolute atomic E-state index is 2.38. The summed E-state index contributed by atoms with van der Waals surface area (Å²) in [7, 11) is 0. The molecule has 1 atom stereocenters. The summed E-state index contributed by atoms with van der Waals surface area (Å²) in [5.74, 6) is 0.896. The van der Waals surface area contributed by atoms with Gasteiger partial charge < -0.3 is 0 Å². The third-order valence-electron chi connectivity index (χ3n) is 2.54. The second kappa shape index (κ2) is 2.41. The van der Waals surface area contributed by atoms with Crippen LogP contribution < -0.4 is 0 Å². The summed E-state index contributed by atoms with van der Waals surface area (Å²) in [4.78, 5) is 0. The predicted octanol–water partition coefficient (Wildman–Crippen LogP) is 3.39. The number of rotatable bonds is 0. The average Bonchev–Trinajstić information content (AvgIpc) is 2.11. The van der Waals surface area contributed by atoms with Crippen molar-refractivity contribution < 1.29 is 0 Å². The third kappa shape index (κ3) is 1.62. The Balaban J connectivity index is 2.50. The number of allylic oxidation sites excluding steroid dienone is 2. The first-order valence-corrected chi connectivity index (χ1v) is 4.16. The van der Waals surface area contributed by atoms with Crippen LogP contribution in [0.3, 0.4) is 0 Å². The Bertz CT molecular complexity index is 146. The Morgan fingerprint density at radius 1 is 1.40 bits per heavy atom. The summed E-state index contributed by atoms with van der Waals surface area (Å²) < 4.78 is 0. The SMILES string of the molecule is CC1=CCC(C(C)(C)C)C1. The molecular formula is C10H18. The van der Waals surface area contributed by atoms with E-state index >= 15 is 0 Å². The molecule has 0 amide bonds. The molecule has 0 aliphatic heterocycles. The van der Waals surface area contributed by atoms with Gasteiger partial charge in [0, 0.05) is 0 Å². The van der Waals surface area contributed by atoms with Crippen LogP contribution in [0.2, 0.25) is 0 Å². The first kappa shape index (κ1) is 7.84. The van der Waals surface area contributed by atoms with Crippen molar-refractivity contribution in [2.24, 2.45) is 11.3 Å². The van der Waals surface area contributed by atoms with Gasteiger partial charge in [-0.15, -0.1) is 0 Å². The lowest BCUT2D eigenvalue weighted by Crippen LogP contribution is -2.17. The second-order valence-electron chi connectivity index (χ2n) is 4.55. The molecule has 0 saturated carbocycles. The summed E-state index contributed by atoms with van der Waals surface area (Å²) in [6, 6.07) is 0. The van der Waals surface area contributed by atoms with Crippen LogP contribution in [0.1, 0.15) is 40.5 Å². The van der Waals surface area contributed by atoms with Crippen molar-refractivity contribution in [1.82, 2.24) is 0 Å². The van der Waals surface area contributed by atoms with E-state index in [0.717, 1.165) is 5.92 Å². The molecule has 0 heteroatoms. The molecule has 0 spiro atoms. The molecule has 1 rings (SSSR count). The van der Waals surface area contributed by atoms with Crippen LogP contribution in [0.4, 0.5) is 0 Å². The molecule has 0 aromatic carbocycles. The maximum atomic E-state index is 2.38. The minimum absolute atomic E-state index is 0.508. The van der Waals surface area contributed by atoms with Gasteiger partial charge in [-0.25, -0.2) is 0 Å². The van der Waals surface area contributed by atoms with Crippen molar-refractivity contribution in [2.45, 2.75) is 40.5 Å². The topological polar surface area (TPSA) is 0 Å². The first-order chi connectivity index (χ1) is 4.50. The highest BCUT2D eigenvalue weighted by atomic mass is 14.3. The largest absolute Gasteiger partial charge is 0.0853 e. The van der Waals surface area contributed by atoms with Crippen LogP contribution in [0.25, 0.3) is 0 Å². The van der Waals surface area contributed by atoms with Gasteiger partial charge in [0.2, 0.25) is 0 Å². The zero-order chi connectivity index (χ0) is 7.78. The summed E-state index contributed by atoms with van der Waals surface area (Å²) in [6.45, 7) is 9.25. The molecule has 0 radical (unpaired) electrons. The maximum Gasteiger partial charge on any atom is -0.0287 e. The van der Waals surface area contributed by atoms with Gasteiger partial charge in [0.25, 0.3) is 0 Å².